The second-order valence-corrected chi connectivity index (χ2v) is 11.8. The number of carbonyl (C=O) groups excluding carboxylic acids is 1. The lowest BCUT2D eigenvalue weighted by molar-refractivity contribution is -0.205. The minimum absolute atomic E-state index is 0.126. The average molecular weight is 403 g/mol. The highest BCUT2D eigenvalue weighted by Gasteiger charge is 2.58. The number of hydrogen-bond donors (Lipinski definition) is 0. The summed E-state index contributed by atoms with van der Waals surface area (Å²) in [7, 11) is -1.35. The van der Waals surface area contributed by atoms with Crippen molar-refractivity contribution in [2.24, 2.45) is 11.3 Å². The van der Waals surface area contributed by atoms with Gasteiger partial charge < -0.3 is 23.4 Å². The fourth-order valence-electron chi connectivity index (χ4n) is 4.12. The van der Waals surface area contributed by atoms with Crippen molar-refractivity contribution in [1.29, 1.82) is 0 Å². The lowest BCUT2D eigenvalue weighted by Crippen LogP contribution is -2.58. The molecule has 0 aromatic heterocycles. The largest absolute Gasteiger partial charge is 0.416 e. The number of Topliss-reactive ketones (excluding diaryl/α,β-unsaturated/α-hetero) is 1. The Kier molecular flexibility index (Phi) is 7.31. The van der Waals surface area contributed by atoms with Crippen LogP contribution in [0.4, 0.5) is 0 Å². The van der Waals surface area contributed by atoms with Gasteiger partial charge in [-0.25, -0.2) is 0 Å². The minimum Gasteiger partial charge on any atom is -0.416 e. The maximum Gasteiger partial charge on any atom is 0.171 e. The molecule has 6 nitrogen and oxygen atoms in total. The fraction of sp³-hybridized carbons (Fsp3) is 0.950. The first-order chi connectivity index (χ1) is 12.4. The van der Waals surface area contributed by atoms with Crippen LogP contribution in [0.1, 0.15) is 54.9 Å². The average Bonchev–Trinajstić information content (AvgIpc) is 2.80. The van der Waals surface area contributed by atoms with Gasteiger partial charge in [-0.05, 0) is 46.2 Å². The molecular formula is C20H38O6Si. The van der Waals surface area contributed by atoms with Crippen molar-refractivity contribution in [1.82, 2.24) is 0 Å². The van der Waals surface area contributed by atoms with E-state index < -0.39 is 21.1 Å². The van der Waals surface area contributed by atoms with Crippen molar-refractivity contribution in [2.75, 3.05) is 6.61 Å². The van der Waals surface area contributed by atoms with Gasteiger partial charge in [-0.1, -0.05) is 20.8 Å². The summed E-state index contributed by atoms with van der Waals surface area (Å²) in [5, 5.41) is 0. The molecule has 2 rings (SSSR count). The molecule has 158 valence electrons. The van der Waals surface area contributed by atoms with Crippen molar-refractivity contribution in [3.8, 4) is 0 Å². The Morgan fingerprint density at radius 2 is 1.81 bits per heavy atom. The Morgan fingerprint density at radius 1 is 1.22 bits per heavy atom. The summed E-state index contributed by atoms with van der Waals surface area (Å²) >= 11 is 0. The summed E-state index contributed by atoms with van der Waals surface area (Å²) in [4.78, 5) is 13.2. The Labute approximate surface area is 165 Å². The van der Waals surface area contributed by atoms with Crippen molar-refractivity contribution in [2.45, 2.75) is 104 Å². The Morgan fingerprint density at radius 3 is 2.33 bits per heavy atom. The highest BCUT2D eigenvalue weighted by Crippen LogP contribution is 2.44. The molecule has 1 saturated heterocycles. The smallest absolute Gasteiger partial charge is 0.171 e. The van der Waals surface area contributed by atoms with Crippen LogP contribution in [-0.2, 0) is 28.2 Å². The summed E-state index contributed by atoms with van der Waals surface area (Å²) < 4.78 is 30.3. The Hall–Kier alpha value is -0.313. The first kappa shape index (κ1) is 23.0. The van der Waals surface area contributed by atoms with Crippen LogP contribution >= 0.6 is 0 Å². The number of rotatable bonds is 7. The maximum atomic E-state index is 13.2. The molecule has 0 aromatic rings. The number of ketones is 1. The molecule has 1 aliphatic heterocycles. The molecule has 0 amide bonds. The van der Waals surface area contributed by atoms with E-state index >= 15 is 0 Å². The first-order valence-corrected chi connectivity index (χ1v) is 12.9. The van der Waals surface area contributed by atoms with E-state index in [0.29, 0.717) is 6.61 Å². The quantitative estimate of drug-likeness (QED) is 0.481. The molecule has 1 aliphatic carbocycles. The predicted octanol–water partition coefficient (Wildman–Crippen LogP) is 3.28. The summed E-state index contributed by atoms with van der Waals surface area (Å²) in [6, 6.07) is 0. The SMILES string of the molecule is CCOC(C)OC1CC(=O)C(C(O[SiH](C)C)C(C)(C)C)C2OC(C)(C)OC12. The molecule has 7 heteroatoms. The number of fused-ring (bicyclic) bond motifs is 1. The summed E-state index contributed by atoms with van der Waals surface area (Å²) in [6.45, 7) is 18.7. The third-order valence-corrected chi connectivity index (χ3v) is 5.86. The summed E-state index contributed by atoms with van der Waals surface area (Å²) in [5.41, 5.74) is -0.176. The van der Waals surface area contributed by atoms with Crippen molar-refractivity contribution in [3.05, 3.63) is 0 Å². The van der Waals surface area contributed by atoms with Crippen LogP contribution in [0.3, 0.4) is 0 Å². The summed E-state index contributed by atoms with van der Waals surface area (Å²) in [6.07, 6.45) is -1.37. The lowest BCUT2D eigenvalue weighted by atomic mass is 9.71. The predicted molar refractivity (Wildman–Crippen MR) is 106 cm³/mol. The Balaban J connectivity index is 2.31. The van der Waals surface area contributed by atoms with Gasteiger partial charge in [-0.2, -0.15) is 0 Å². The zero-order valence-corrected chi connectivity index (χ0v) is 19.6. The third-order valence-electron chi connectivity index (χ3n) is 5.02. The molecule has 0 N–H and O–H groups in total. The van der Waals surface area contributed by atoms with Crippen LogP contribution in [0.5, 0.6) is 0 Å². The van der Waals surface area contributed by atoms with Gasteiger partial charge >= 0.3 is 0 Å². The van der Waals surface area contributed by atoms with Crippen molar-refractivity contribution < 1.29 is 28.2 Å². The molecule has 1 heterocycles. The van der Waals surface area contributed by atoms with Gasteiger partial charge in [0.05, 0.1) is 18.1 Å². The van der Waals surface area contributed by atoms with Gasteiger partial charge in [0.1, 0.15) is 18.0 Å². The van der Waals surface area contributed by atoms with Gasteiger partial charge in [0.15, 0.2) is 21.1 Å². The van der Waals surface area contributed by atoms with E-state index in [1.807, 2.05) is 27.7 Å². The second-order valence-electron chi connectivity index (χ2n) is 9.43. The van der Waals surface area contributed by atoms with E-state index in [4.69, 9.17) is 23.4 Å². The van der Waals surface area contributed by atoms with Crippen LogP contribution in [-0.4, -0.2) is 57.9 Å². The molecule has 6 atom stereocenters. The van der Waals surface area contributed by atoms with Gasteiger partial charge in [-0.3, -0.25) is 4.79 Å². The number of ether oxygens (including phenoxy) is 4. The molecule has 1 saturated carbocycles. The standard InChI is InChI=1S/C20H38O6Si/c1-10-22-12(2)23-14-11-13(21)15(17-16(14)24-20(6,7)25-17)18(19(3,4)5)26-27(8)9/h12,14-18,27H,10-11H2,1-9H3. The van der Waals surface area contributed by atoms with Crippen LogP contribution in [0.15, 0.2) is 0 Å². The van der Waals surface area contributed by atoms with E-state index in [1.54, 1.807) is 0 Å². The lowest BCUT2D eigenvalue weighted by Gasteiger charge is -2.44. The fourth-order valence-corrected chi connectivity index (χ4v) is 5.29. The van der Waals surface area contributed by atoms with Crippen molar-refractivity contribution in [3.63, 3.8) is 0 Å². The van der Waals surface area contributed by atoms with E-state index in [9.17, 15) is 4.79 Å². The molecule has 0 spiro atoms. The molecule has 6 unspecified atom stereocenters. The van der Waals surface area contributed by atoms with Crippen molar-refractivity contribution >= 4 is 14.8 Å². The number of carbonyl (C=O) groups is 1. The van der Waals surface area contributed by atoms with Crippen LogP contribution in [0.25, 0.3) is 0 Å². The zero-order valence-electron chi connectivity index (χ0n) is 18.4. The zero-order chi connectivity index (χ0) is 20.6. The van der Waals surface area contributed by atoms with Gasteiger partial charge in [-0.15, -0.1) is 0 Å². The Bertz CT molecular complexity index is 515. The molecule has 0 radical (unpaired) electrons. The summed E-state index contributed by atoms with van der Waals surface area (Å²) in [5.74, 6) is -0.985. The molecule has 0 aromatic carbocycles. The molecule has 0 bridgehead atoms. The highest BCUT2D eigenvalue weighted by molar-refractivity contribution is 6.48. The maximum absolute atomic E-state index is 13.2. The van der Waals surface area contributed by atoms with Crippen LogP contribution in [0, 0.1) is 11.3 Å². The molecule has 27 heavy (non-hydrogen) atoms. The third kappa shape index (κ3) is 5.61. The molecule has 2 aliphatic rings. The topological polar surface area (TPSA) is 63.2 Å². The van der Waals surface area contributed by atoms with E-state index in [2.05, 4.69) is 33.9 Å². The van der Waals surface area contributed by atoms with Crippen LogP contribution in [0.2, 0.25) is 13.1 Å². The van der Waals surface area contributed by atoms with E-state index in [1.165, 1.54) is 0 Å². The first-order valence-electron chi connectivity index (χ1n) is 10.2. The monoisotopic (exact) mass is 402 g/mol. The van der Waals surface area contributed by atoms with Gasteiger partial charge in [0.2, 0.25) is 0 Å². The highest BCUT2D eigenvalue weighted by atomic mass is 28.3. The van der Waals surface area contributed by atoms with Crippen LogP contribution < -0.4 is 0 Å². The normalized spacial score (nSPS) is 33.2. The molecule has 2 fully saturated rings. The number of hydrogen-bond acceptors (Lipinski definition) is 6. The second kappa shape index (κ2) is 8.59. The van der Waals surface area contributed by atoms with Gasteiger partial charge in [0.25, 0.3) is 0 Å². The van der Waals surface area contributed by atoms with Gasteiger partial charge in [0, 0.05) is 13.0 Å². The van der Waals surface area contributed by atoms with E-state index in [-0.39, 0.29) is 48.0 Å². The van der Waals surface area contributed by atoms with E-state index in [0.717, 1.165) is 0 Å². The molecular weight excluding hydrogens is 364 g/mol. The minimum atomic E-state index is -1.35.